The highest BCUT2D eigenvalue weighted by molar-refractivity contribution is 7.89. The lowest BCUT2D eigenvalue weighted by Crippen LogP contribution is -2.47. The predicted molar refractivity (Wildman–Crippen MR) is 79.9 cm³/mol. The lowest BCUT2D eigenvalue weighted by Gasteiger charge is -2.33. The van der Waals surface area contributed by atoms with E-state index in [-0.39, 0.29) is 23.3 Å². The fourth-order valence-corrected chi connectivity index (χ4v) is 4.20. The molecule has 0 heterocycles. The highest BCUT2D eigenvalue weighted by Crippen LogP contribution is 2.38. The molecule has 1 N–H and O–H groups in total. The number of carbonyl (C=O) groups excluding carboxylic acids is 1. The van der Waals surface area contributed by atoms with E-state index in [1.807, 2.05) is 0 Å². The molecule has 1 aromatic carbocycles. The number of alkyl halides is 3. The zero-order chi connectivity index (χ0) is 18.0. The summed E-state index contributed by atoms with van der Waals surface area (Å²) < 4.78 is 70.7. The van der Waals surface area contributed by atoms with Crippen LogP contribution in [0.25, 0.3) is 0 Å². The van der Waals surface area contributed by atoms with Gasteiger partial charge in [0.25, 0.3) is 0 Å². The Morgan fingerprint density at radius 2 is 1.92 bits per heavy atom. The summed E-state index contributed by atoms with van der Waals surface area (Å²) in [6, 6.07) is 3.80. The Morgan fingerprint density at radius 3 is 2.54 bits per heavy atom. The maximum Gasteiger partial charge on any atom is 0.393 e. The van der Waals surface area contributed by atoms with E-state index in [1.54, 1.807) is 0 Å². The first kappa shape index (κ1) is 18.7. The Hall–Kier alpha value is -1.61. The van der Waals surface area contributed by atoms with Gasteiger partial charge in [0.15, 0.2) is 0 Å². The Kier molecular flexibility index (Phi) is 5.54. The van der Waals surface area contributed by atoms with Crippen LogP contribution in [0.2, 0.25) is 0 Å². The topological polar surface area (TPSA) is 72.5 Å². The number of carbonyl (C=O) groups is 1. The number of methoxy groups -OCH3 is 1. The molecular weight excluding hydrogens is 347 g/mol. The van der Waals surface area contributed by atoms with Crippen molar-refractivity contribution in [2.75, 3.05) is 7.11 Å². The monoisotopic (exact) mass is 365 g/mol. The van der Waals surface area contributed by atoms with Crippen molar-refractivity contribution in [1.29, 1.82) is 0 Å². The quantitative estimate of drug-likeness (QED) is 0.833. The molecule has 9 heteroatoms. The average Bonchev–Trinajstić information content (AvgIpc) is 2.53. The molecule has 1 fully saturated rings. The summed E-state index contributed by atoms with van der Waals surface area (Å²) in [7, 11) is -3.02. The maximum absolute atomic E-state index is 13.1. The van der Waals surface area contributed by atoms with Gasteiger partial charge in [-0.25, -0.2) is 17.9 Å². The van der Waals surface area contributed by atoms with Crippen LogP contribution in [0.4, 0.5) is 13.2 Å². The predicted octanol–water partition coefficient (Wildman–Crippen LogP) is 2.87. The van der Waals surface area contributed by atoms with Gasteiger partial charge < -0.3 is 4.74 Å². The largest absolute Gasteiger partial charge is 0.465 e. The highest BCUT2D eigenvalue weighted by atomic mass is 32.2. The summed E-state index contributed by atoms with van der Waals surface area (Å²) in [6.45, 7) is 0. The normalized spacial score (nSPS) is 22.2. The van der Waals surface area contributed by atoms with Crippen LogP contribution in [0, 0.1) is 5.92 Å². The van der Waals surface area contributed by atoms with E-state index in [4.69, 9.17) is 0 Å². The van der Waals surface area contributed by atoms with Crippen LogP contribution in [0.1, 0.15) is 36.0 Å². The average molecular weight is 365 g/mol. The Balaban J connectivity index is 2.26. The van der Waals surface area contributed by atoms with Gasteiger partial charge in [-0.1, -0.05) is 18.9 Å². The summed E-state index contributed by atoms with van der Waals surface area (Å²) in [5, 5.41) is 0. The summed E-state index contributed by atoms with van der Waals surface area (Å²) in [5.41, 5.74) is 0.0105. The first-order valence-electron chi connectivity index (χ1n) is 7.42. The van der Waals surface area contributed by atoms with Gasteiger partial charge in [-0.15, -0.1) is 0 Å². The fraction of sp³-hybridized carbons (Fsp3) is 0.533. The second kappa shape index (κ2) is 7.10. The van der Waals surface area contributed by atoms with Crippen molar-refractivity contribution >= 4 is 16.0 Å². The number of halogens is 3. The molecule has 1 aliphatic rings. The molecule has 2 atom stereocenters. The number of hydrogen-bond donors (Lipinski definition) is 1. The molecule has 1 aliphatic carbocycles. The molecule has 0 aliphatic heterocycles. The van der Waals surface area contributed by atoms with E-state index in [2.05, 4.69) is 9.46 Å². The van der Waals surface area contributed by atoms with E-state index in [1.165, 1.54) is 18.2 Å². The Morgan fingerprint density at radius 1 is 1.25 bits per heavy atom. The summed E-state index contributed by atoms with van der Waals surface area (Å²) in [4.78, 5) is 11.2. The van der Waals surface area contributed by atoms with E-state index < -0.39 is 34.1 Å². The van der Waals surface area contributed by atoms with Gasteiger partial charge >= 0.3 is 12.1 Å². The molecule has 24 heavy (non-hydrogen) atoms. The zero-order valence-electron chi connectivity index (χ0n) is 13.0. The molecule has 0 spiro atoms. The van der Waals surface area contributed by atoms with Crippen LogP contribution < -0.4 is 4.72 Å². The minimum Gasteiger partial charge on any atom is -0.465 e. The molecule has 0 bridgehead atoms. The molecule has 0 aromatic heterocycles. The van der Waals surface area contributed by atoms with E-state index in [0.717, 1.165) is 13.2 Å². The van der Waals surface area contributed by atoms with E-state index in [9.17, 15) is 26.4 Å². The second-order valence-electron chi connectivity index (χ2n) is 5.68. The number of benzene rings is 1. The number of esters is 1. The van der Waals surface area contributed by atoms with Gasteiger partial charge in [-0.2, -0.15) is 13.2 Å². The van der Waals surface area contributed by atoms with Crippen molar-refractivity contribution in [2.24, 2.45) is 5.92 Å². The van der Waals surface area contributed by atoms with Gasteiger partial charge in [0.1, 0.15) is 0 Å². The van der Waals surface area contributed by atoms with Crippen LogP contribution in [0.3, 0.4) is 0 Å². The van der Waals surface area contributed by atoms with Gasteiger partial charge in [0, 0.05) is 6.04 Å². The highest BCUT2D eigenvalue weighted by Gasteiger charge is 2.46. The van der Waals surface area contributed by atoms with Crippen LogP contribution in [-0.4, -0.2) is 33.7 Å². The van der Waals surface area contributed by atoms with Crippen LogP contribution in [0.5, 0.6) is 0 Å². The van der Waals surface area contributed by atoms with Crippen molar-refractivity contribution in [3.63, 3.8) is 0 Å². The second-order valence-corrected chi connectivity index (χ2v) is 7.39. The number of hydrogen-bond acceptors (Lipinski definition) is 4. The van der Waals surface area contributed by atoms with Crippen molar-refractivity contribution in [3.8, 4) is 0 Å². The van der Waals surface area contributed by atoms with Crippen molar-refractivity contribution in [2.45, 2.75) is 42.8 Å². The van der Waals surface area contributed by atoms with Crippen LogP contribution in [0.15, 0.2) is 29.2 Å². The van der Waals surface area contributed by atoms with Crippen molar-refractivity contribution in [3.05, 3.63) is 29.8 Å². The summed E-state index contributed by atoms with van der Waals surface area (Å²) >= 11 is 0. The first-order valence-corrected chi connectivity index (χ1v) is 8.91. The van der Waals surface area contributed by atoms with E-state index in [0.29, 0.717) is 12.8 Å². The molecular formula is C15H18F3NO4S. The molecule has 134 valence electrons. The van der Waals surface area contributed by atoms with Crippen LogP contribution >= 0.6 is 0 Å². The van der Waals surface area contributed by atoms with Crippen molar-refractivity contribution in [1.82, 2.24) is 4.72 Å². The maximum atomic E-state index is 13.1. The van der Waals surface area contributed by atoms with Crippen molar-refractivity contribution < 1.29 is 31.1 Å². The van der Waals surface area contributed by atoms with Crippen LogP contribution in [-0.2, 0) is 14.8 Å². The lowest BCUT2D eigenvalue weighted by atomic mass is 9.85. The molecule has 0 saturated heterocycles. The standard InChI is InChI=1S/C15H18F3NO4S/c1-23-14(20)10-5-4-6-11(9-10)24(21,22)19-13-8-3-2-7-12(13)15(16,17)18/h4-6,9,12-13,19H,2-3,7-8H2,1H3/t12-,13-/m0/s1. The summed E-state index contributed by atoms with van der Waals surface area (Å²) in [6.07, 6.45) is -3.48. The molecule has 1 aromatic rings. The van der Waals surface area contributed by atoms with Gasteiger partial charge in [0.2, 0.25) is 10.0 Å². The minimum absolute atomic E-state index is 0.0105. The molecule has 5 nitrogen and oxygen atoms in total. The number of nitrogens with one attached hydrogen (secondary N) is 1. The fourth-order valence-electron chi connectivity index (χ4n) is 2.84. The molecule has 0 amide bonds. The number of rotatable bonds is 4. The SMILES string of the molecule is COC(=O)c1cccc(S(=O)(=O)N[C@H]2CCCC[C@@H]2C(F)(F)F)c1. The molecule has 0 unspecified atom stereocenters. The smallest absolute Gasteiger partial charge is 0.393 e. The van der Waals surface area contributed by atoms with Gasteiger partial charge in [-0.3, -0.25) is 0 Å². The van der Waals surface area contributed by atoms with E-state index >= 15 is 0 Å². The third kappa shape index (κ3) is 4.27. The molecule has 1 saturated carbocycles. The molecule has 0 radical (unpaired) electrons. The number of ether oxygens (including phenoxy) is 1. The first-order chi connectivity index (χ1) is 11.1. The summed E-state index contributed by atoms with van der Waals surface area (Å²) in [5.74, 6) is -2.43. The Labute approximate surface area is 138 Å². The zero-order valence-corrected chi connectivity index (χ0v) is 13.8. The third-order valence-corrected chi connectivity index (χ3v) is 5.55. The Bertz CT molecular complexity index is 703. The lowest BCUT2D eigenvalue weighted by molar-refractivity contribution is -0.187. The minimum atomic E-state index is -4.46. The van der Waals surface area contributed by atoms with Gasteiger partial charge in [0.05, 0.1) is 23.5 Å². The molecule has 2 rings (SSSR count). The van der Waals surface area contributed by atoms with Gasteiger partial charge in [-0.05, 0) is 31.0 Å². The number of sulfonamides is 1. The third-order valence-electron chi connectivity index (χ3n) is 4.06.